The van der Waals surface area contributed by atoms with E-state index in [2.05, 4.69) is 30.1 Å². The minimum atomic E-state index is 0.592. The average molecular weight is 439 g/mol. The highest BCUT2D eigenvalue weighted by atomic mass is 32.1. The van der Waals surface area contributed by atoms with Gasteiger partial charge in [-0.3, -0.25) is 9.80 Å². The van der Waals surface area contributed by atoms with Gasteiger partial charge in [0.2, 0.25) is 23.4 Å². The molecule has 0 atom stereocenters. The highest BCUT2D eigenvalue weighted by Gasteiger charge is 2.21. The Hall–Kier alpha value is -3.08. The molecule has 1 aliphatic rings. The Labute approximate surface area is 183 Å². The maximum atomic E-state index is 5.46. The van der Waals surface area contributed by atoms with Crippen molar-refractivity contribution in [1.29, 1.82) is 0 Å². The third kappa shape index (κ3) is 4.66. The van der Waals surface area contributed by atoms with Crippen molar-refractivity contribution in [1.82, 2.24) is 30.1 Å². The number of ether oxygens (including phenoxy) is 1. The van der Waals surface area contributed by atoms with Crippen LogP contribution in [0.2, 0.25) is 0 Å². The maximum Gasteiger partial charge on any atom is 0.241 e. The molecule has 9 nitrogen and oxygen atoms in total. The van der Waals surface area contributed by atoms with Crippen LogP contribution in [0.3, 0.4) is 0 Å². The van der Waals surface area contributed by atoms with Crippen LogP contribution in [0, 0.1) is 0 Å². The second-order valence-electron chi connectivity index (χ2n) is 7.32. The van der Waals surface area contributed by atoms with Crippen LogP contribution in [0.25, 0.3) is 22.8 Å². The monoisotopic (exact) mass is 438 g/mol. The predicted molar refractivity (Wildman–Crippen MR) is 114 cm³/mol. The van der Waals surface area contributed by atoms with E-state index in [1.807, 2.05) is 41.1 Å². The van der Waals surface area contributed by atoms with Gasteiger partial charge in [-0.15, -0.1) is 0 Å². The molecular formula is C21H22N6O3S. The zero-order chi connectivity index (χ0) is 21.0. The van der Waals surface area contributed by atoms with Crippen molar-refractivity contribution in [2.75, 3.05) is 33.3 Å². The molecule has 1 aromatic carbocycles. The number of benzene rings is 1. The maximum absolute atomic E-state index is 5.46. The minimum absolute atomic E-state index is 0.592. The topological polar surface area (TPSA) is 93.6 Å². The van der Waals surface area contributed by atoms with Crippen molar-refractivity contribution in [3.05, 3.63) is 52.9 Å². The Morgan fingerprint density at radius 3 is 1.94 bits per heavy atom. The zero-order valence-electron chi connectivity index (χ0n) is 17.1. The lowest BCUT2D eigenvalue weighted by molar-refractivity contribution is 0.103. The molecular weight excluding hydrogens is 416 g/mol. The number of methoxy groups -OCH3 is 1. The first kappa shape index (κ1) is 19.9. The summed E-state index contributed by atoms with van der Waals surface area (Å²) in [6.07, 6.45) is 0. The van der Waals surface area contributed by atoms with Crippen LogP contribution in [-0.2, 0) is 13.1 Å². The van der Waals surface area contributed by atoms with E-state index in [4.69, 9.17) is 13.8 Å². The number of hydrogen-bond donors (Lipinski definition) is 0. The lowest BCUT2D eigenvalue weighted by Crippen LogP contribution is -2.45. The summed E-state index contributed by atoms with van der Waals surface area (Å²) < 4.78 is 16.1. The normalized spacial score (nSPS) is 15.4. The Morgan fingerprint density at radius 2 is 1.42 bits per heavy atom. The molecule has 4 aromatic rings. The first-order chi connectivity index (χ1) is 15.3. The molecule has 31 heavy (non-hydrogen) atoms. The molecule has 10 heteroatoms. The molecule has 1 fully saturated rings. The number of rotatable bonds is 7. The van der Waals surface area contributed by atoms with Crippen LogP contribution in [0.4, 0.5) is 0 Å². The van der Waals surface area contributed by atoms with Crippen LogP contribution < -0.4 is 4.74 Å². The Kier molecular flexibility index (Phi) is 5.74. The van der Waals surface area contributed by atoms with E-state index in [1.165, 1.54) is 0 Å². The SMILES string of the molecule is COc1ccc(-c2noc(CN3CCN(Cc4nc(-c5ccsc5)no4)CC3)n2)cc1. The molecule has 5 rings (SSSR count). The summed E-state index contributed by atoms with van der Waals surface area (Å²) in [5.74, 6) is 3.31. The molecule has 0 aliphatic carbocycles. The second kappa shape index (κ2) is 8.96. The minimum Gasteiger partial charge on any atom is -0.497 e. The highest BCUT2D eigenvalue weighted by Crippen LogP contribution is 2.21. The summed E-state index contributed by atoms with van der Waals surface area (Å²) in [5, 5.41) is 12.2. The summed E-state index contributed by atoms with van der Waals surface area (Å²) in [6.45, 7) is 4.94. The molecule has 1 aliphatic heterocycles. The van der Waals surface area contributed by atoms with Crippen molar-refractivity contribution in [2.24, 2.45) is 0 Å². The third-order valence-corrected chi connectivity index (χ3v) is 5.93. The lowest BCUT2D eigenvalue weighted by atomic mass is 10.2. The van der Waals surface area contributed by atoms with Gasteiger partial charge >= 0.3 is 0 Å². The van der Waals surface area contributed by atoms with Gasteiger partial charge in [0.1, 0.15) is 5.75 Å². The van der Waals surface area contributed by atoms with E-state index >= 15 is 0 Å². The van der Waals surface area contributed by atoms with Crippen molar-refractivity contribution in [2.45, 2.75) is 13.1 Å². The average Bonchev–Trinajstić information content (AvgIpc) is 3.57. The molecule has 0 amide bonds. The molecule has 0 bridgehead atoms. The summed E-state index contributed by atoms with van der Waals surface area (Å²) in [4.78, 5) is 13.7. The van der Waals surface area contributed by atoms with Gasteiger partial charge in [0, 0.05) is 42.7 Å². The summed E-state index contributed by atoms with van der Waals surface area (Å²) >= 11 is 1.62. The largest absolute Gasteiger partial charge is 0.497 e. The molecule has 4 heterocycles. The van der Waals surface area contributed by atoms with Crippen LogP contribution in [0.15, 0.2) is 50.1 Å². The number of aromatic nitrogens is 4. The number of hydrogen-bond acceptors (Lipinski definition) is 10. The summed E-state index contributed by atoms with van der Waals surface area (Å²) in [7, 11) is 1.64. The van der Waals surface area contributed by atoms with Crippen LogP contribution in [0.1, 0.15) is 11.8 Å². The molecule has 0 unspecified atom stereocenters. The van der Waals surface area contributed by atoms with Gasteiger partial charge in [0.15, 0.2) is 0 Å². The van der Waals surface area contributed by atoms with Crippen LogP contribution in [-0.4, -0.2) is 63.4 Å². The first-order valence-electron chi connectivity index (χ1n) is 10.0. The van der Waals surface area contributed by atoms with E-state index in [0.29, 0.717) is 36.5 Å². The van der Waals surface area contributed by atoms with Crippen molar-refractivity contribution in [3.63, 3.8) is 0 Å². The Morgan fingerprint density at radius 1 is 0.839 bits per heavy atom. The molecule has 160 valence electrons. The third-order valence-electron chi connectivity index (χ3n) is 5.25. The van der Waals surface area contributed by atoms with Gasteiger partial charge in [-0.2, -0.15) is 21.3 Å². The van der Waals surface area contributed by atoms with E-state index in [9.17, 15) is 0 Å². The molecule has 1 saturated heterocycles. The fourth-order valence-electron chi connectivity index (χ4n) is 3.49. The number of nitrogens with zero attached hydrogens (tertiary/aromatic N) is 6. The van der Waals surface area contributed by atoms with Crippen LogP contribution in [0.5, 0.6) is 5.75 Å². The summed E-state index contributed by atoms with van der Waals surface area (Å²) in [6, 6.07) is 9.62. The van der Waals surface area contributed by atoms with E-state index < -0.39 is 0 Å². The van der Waals surface area contributed by atoms with Gasteiger partial charge < -0.3 is 13.8 Å². The highest BCUT2D eigenvalue weighted by molar-refractivity contribution is 7.08. The van der Waals surface area contributed by atoms with Gasteiger partial charge in [-0.25, -0.2) is 0 Å². The van der Waals surface area contributed by atoms with Gasteiger partial charge in [-0.05, 0) is 35.7 Å². The van der Waals surface area contributed by atoms with Crippen LogP contribution >= 0.6 is 11.3 Å². The number of piperazine rings is 1. The molecule has 0 spiro atoms. The molecule has 3 aromatic heterocycles. The standard InChI is InChI=1S/C21H22N6O3S/c1-28-17-4-2-15(3-5-17)20-22-18(29-24-20)12-26-7-9-27(10-8-26)13-19-23-21(25-30-19)16-6-11-31-14-16/h2-6,11,14H,7-10,12-13H2,1H3. The van der Waals surface area contributed by atoms with Crippen molar-refractivity contribution in [3.8, 4) is 28.5 Å². The van der Waals surface area contributed by atoms with Gasteiger partial charge in [0.25, 0.3) is 0 Å². The zero-order valence-corrected chi connectivity index (χ0v) is 17.9. The van der Waals surface area contributed by atoms with Crippen molar-refractivity contribution >= 4 is 11.3 Å². The Balaban J connectivity index is 1.12. The molecule has 0 N–H and O–H groups in total. The van der Waals surface area contributed by atoms with E-state index in [-0.39, 0.29) is 0 Å². The van der Waals surface area contributed by atoms with Gasteiger partial charge in [-0.1, -0.05) is 10.3 Å². The molecule has 0 radical (unpaired) electrons. The second-order valence-corrected chi connectivity index (χ2v) is 8.10. The quantitative estimate of drug-likeness (QED) is 0.431. The predicted octanol–water partition coefficient (Wildman–Crippen LogP) is 3.17. The first-order valence-corrected chi connectivity index (χ1v) is 11.0. The smallest absolute Gasteiger partial charge is 0.241 e. The van der Waals surface area contributed by atoms with E-state index in [1.54, 1.807) is 18.4 Å². The number of thiophene rings is 1. The fourth-order valence-corrected chi connectivity index (χ4v) is 4.13. The van der Waals surface area contributed by atoms with Crippen molar-refractivity contribution < 1.29 is 13.8 Å². The fraction of sp³-hybridized carbons (Fsp3) is 0.333. The molecule has 0 saturated carbocycles. The van der Waals surface area contributed by atoms with Gasteiger partial charge in [0.05, 0.1) is 20.2 Å². The summed E-state index contributed by atoms with van der Waals surface area (Å²) in [5.41, 5.74) is 1.90. The lowest BCUT2D eigenvalue weighted by Gasteiger charge is -2.32. The van der Waals surface area contributed by atoms with E-state index in [0.717, 1.165) is 43.1 Å². The Bertz CT molecular complexity index is 1100.